The van der Waals surface area contributed by atoms with Gasteiger partial charge in [0.25, 0.3) is 0 Å². The van der Waals surface area contributed by atoms with Gasteiger partial charge in [-0.15, -0.1) is 0 Å². The Kier molecular flexibility index (Phi) is 4.36. The van der Waals surface area contributed by atoms with Crippen LogP contribution in [-0.4, -0.2) is 16.3 Å². The molecule has 1 aromatic heterocycles. The summed E-state index contributed by atoms with van der Waals surface area (Å²) in [5, 5.41) is 8.42. The molecule has 3 nitrogen and oxygen atoms in total. The third-order valence-corrected chi connectivity index (χ3v) is 4.98. The van der Waals surface area contributed by atoms with Crippen molar-refractivity contribution in [3.8, 4) is 0 Å². The quantitative estimate of drug-likeness (QED) is 0.784. The van der Waals surface area contributed by atoms with Gasteiger partial charge in [0.1, 0.15) is 5.82 Å². The van der Waals surface area contributed by atoms with Crippen molar-refractivity contribution in [2.24, 2.45) is 0 Å². The first-order chi connectivity index (χ1) is 12.2. The minimum absolute atomic E-state index is 0.198. The molecule has 0 saturated carbocycles. The van der Waals surface area contributed by atoms with Gasteiger partial charge in [0.05, 0.1) is 11.7 Å². The zero-order valence-electron chi connectivity index (χ0n) is 14.4. The molecular formula is C21H22FN3. The topological polar surface area (TPSA) is 29.9 Å². The molecule has 0 spiro atoms. The monoisotopic (exact) mass is 335 g/mol. The second kappa shape index (κ2) is 6.81. The van der Waals surface area contributed by atoms with Crippen molar-refractivity contribution in [2.75, 3.05) is 6.54 Å². The average Bonchev–Trinajstić information content (AvgIpc) is 3.02. The maximum absolute atomic E-state index is 13.2. The van der Waals surface area contributed by atoms with E-state index in [4.69, 9.17) is 5.10 Å². The van der Waals surface area contributed by atoms with E-state index in [0.29, 0.717) is 0 Å². The summed E-state index contributed by atoms with van der Waals surface area (Å²) in [5.41, 5.74) is 6.08. The Bertz CT molecular complexity index is 853. The van der Waals surface area contributed by atoms with Crippen molar-refractivity contribution in [2.45, 2.75) is 32.4 Å². The van der Waals surface area contributed by atoms with Gasteiger partial charge in [0, 0.05) is 37.2 Å². The molecule has 0 fully saturated rings. The SMILES string of the molecule is CC(c1ccccc1)n1nc(Cc2ccc(F)cc2)c2c1CCNC2. The van der Waals surface area contributed by atoms with Crippen LogP contribution in [-0.2, 0) is 19.4 Å². The Morgan fingerprint density at radius 1 is 1.12 bits per heavy atom. The van der Waals surface area contributed by atoms with Gasteiger partial charge < -0.3 is 5.32 Å². The Morgan fingerprint density at radius 2 is 1.88 bits per heavy atom. The molecule has 3 aromatic rings. The lowest BCUT2D eigenvalue weighted by molar-refractivity contribution is 0.515. The lowest BCUT2D eigenvalue weighted by Gasteiger charge is -2.20. The number of benzene rings is 2. The summed E-state index contributed by atoms with van der Waals surface area (Å²) in [7, 11) is 0. The lowest BCUT2D eigenvalue weighted by atomic mass is 10.0. The van der Waals surface area contributed by atoms with E-state index in [2.05, 4.69) is 41.2 Å². The summed E-state index contributed by atoms with van der Waals surface area (Å²) in [6.07, 6.45) is 1.72. The summed E-state index contributed by atoms with van der Waals surface area (Å²) in [4.78, 5) is 0. The number of rotatable bonds is 4. The van der Waals surface area contributed by atoms with E-state index in [0.717, 1.165) is 37.2 Å². The van der Waals surface area contributed by atoms with Crippen molar-refractivity contribution < 1.29 is 4.39 Å². The molecule has 0 saturated heterocycles. The lowest BCUT2D eigenvalue weighted by Crippen LogP contribution is -2.26. The second-order valence-corrected chi connectivity index (χ2v) is 6.63. The van der Waals surface area contributed by atoms with Crippen LogP contribution in [0.15, 0.2) is 54.6 Å². The minimum atomic E-state index is -0.198. The largest absolute Gasteiger partial charge is 0.312 e. The Morgan fingerprint density at radius 3 is 2.64 bits per heavy atom. The first-order valence-electron chi connectivity index (χ1n) is 8.81. The zero-order valence-corrected chi connectivity index (χ0v) is 14.4. The van der Waals surface area contributed by atoms with E-state index >= 15 is 0 Å². The van der Waals surface area contributed by atoms with Crippen LogP contribution >= 0.6 is 0 Å². The van der Waals surface area contributed by atoms with Crippen LogP contribution in [0, 0.1) is 5.82 Å². The predicted molar refractivity (Wildman–Crippen MR) is 97.1 cm³/mol. The molecule has 1 aliphatic rings. The molecule has 4 rings (SSSR count). The van der Waals surface area contributed by atoms with Crippen LogP contribution < -0.4 is 5.32 Å². The number of fused-ring (bicyclic) bond motifs is 1. The highest BCUT2D eigenvalue weighted by molar-refractivity contribution is 5.34. The van der Waals surface area contributed by atoms with Crippen LogP contribution in [0.5, 0.6) is 0 Å². The molecule has 2 heterocycles. The fourth-order valence-electron chi connectivity index (χ4n) is 3.58. The highest BCUT2D eigenvalue weighted by atomic mass is 19.1. The van der Waals surface area contributed by atoms with Crippen LogP contribution in [0.4, 0.5) is 4.39 Å². The van der Waals surface area contributed by atoms with Crippen molar-refractivity contribution in [1.29, 1.82) is 0 Å². The van der Waals surface area contributed by atoms with E-state index < -0.39 is 0 Å². The fraction of sp³-hybridized carbons (Fsp3) is 0.286. The van der Waals surface area contributed by atoms with Gasteiger partial charge >= 0.3 is 0 Å². The van der Waals surface area contributed by atoms with Gasteiger partial charge in [0.2, 0.25) is 0 Å². The molecule has 1 N–H and O–H groups in total. The van der Waals surface area contributed by atoms with Crippen molar-refractivity contribution in [3.05, 3.63) is 88.5 Å². The zero-order chi connectivity index (χ0) is 17.2. The molecule has 2 aromatic carbocycles. The van der Waals surface area contributed by atoms with Gasteiger partial charge in [-0.1, -0.05) is 42.5 Å². The van der Waals surface area contributed by atoms with Crippen molar-refractivity contribution >= 4 is 0 Å². The average molecular weight is 335 g/mol. The van der Waals surface area contributed by atoms with Crippen molar-refractivity contribution in [3.63, 3.8) is 0 Å². The molecule has 0 aliphatic carbocycles. The summed E-state index contributed by atoms with van der Waals surface area (Å²) in [6, 6.07) is 17.4. The Balaban J connectivity index is 1.71. The van der Waals surface area contributed by atoms with E-state index in [9.17, 15) is 4.39 Å². The molecule has 128 valence electrons. The second-order valence-electron chi connectivity index (χ2n) is 6.63. The smallest absolute Gasteiger partial charge is 0.123 e. The van der Waals surface area contributed by atoms with Gasteiger partial charge in [-0.2, -0.15) is 5.10 Å². The molecular weight excluding hydrogens is 313 g/mol. The normalized spacial score (nSPS) is 15.0. The van der Waals surface area contributed by atoms with Crippen molar-refractivity contribution in [1.82, 2.24) is 15.1 Å². The summed E-state index contributed by atoms with van der Waals surface area (Å²) >= 11 is 0. The number of hydrogen-bond donors (Lipinski definition) is 1. The maximum Gasteiger partial charge on any atom is 0.123 e. The predicted octanol–water partition coefficient (Wildman–Crippen LogP) is 3.87. The van der Waals surface area contributed by atoms with Gasteiger partial charge in [-0.05, 0) is 30.2 Å². The molecule has 0 amide bonds. The highest BCUT2D eigenvalue weighted by Gasteiger charge is 2.23. The van der Waals surface area contributed by atoms with E-state index in [1.807, 2.05) is 18.2 Å². The van der Waals surface area contributed by atoms with E-state index in [1.165, 1.54) is 29.0 Å². The van der Waals surface area contributed by atoms with E-state index in [1.54, 1.807) is 0 Å². The first kappa shape index (κ1) is 16.0. The Labute approximate surface area is 147 Å². The van der Waals surface area contributed by atoms with Gasteiger partial charge in [-0.25, -0.2) is 4.39 Å². The molecule has 1 atom stereocenters. The third kappa shape index (κ3) is 3.22. The number of hydrogen-bond acceptors (Lipinski definition) is 2. The van der Waals surface area contributed by atoms with Crippen LogP contribution in [0.1, 0.15) is 41.0 Å². The molecule has 0 radical (unpaired) electrons. The minimum Gasteiger partial charge on any atom is -0.312 e. The summed E-state index contributed by atoms with van der Waals surface area (Å²) in [5.74, 6) is -0.198. The summed E-state index contributed by atoms with van der Waals surface area (Å²) in [6.45, 7) is 4.04. The highest BCUT2D eigenvalue weighted by Crippen LogP contribution is 2.27. The first-order valence-corrected chi connectivity index (χ1v) is 8.81. The molecule has 25 heavy (non-hydrogen) atoms. The number of halogens is 1. The molecule has 1 unspecified atom stereocenters. The molecule has 1 aliphatic heterocycles. The Hall–Kier alpha value is -2.46. The molecule has 0 bridgehead atoms. The van der Waals surface area contributed by atoms with Crippen LogP contribution in [0.2, 0.25) is 0 Å². The number of nitrogens with zero attached hydrogens (tertiary/aromatic N) is 2. The van der Waals surface area contributed by atoms with Crippen LogP contribution in [0.3, 0.4) is 0 Å². The van der Waals surface area contributed by atoms with Gasteiger partial charge in [-0.3, -0.25) is 4.68 Å². The van der Waals surface area contributed by atoms with Crippen LogP contribution in [0.25, 0.3) is 0 Å². The van der Waals surface area contributed by atoms with Gasteiger partial charge in [0.15, 0.2) is 0 Å². The standard InChI is InChI=1S/C21H22FN3/c1-15(17-5-3-2-4-6-17)25-21-11-12-23-14-19(21)20(24-25)13-16-7-9-18(22)10-8-16/h2-10,15,23H,11-14H2,1H3. The van der Waals surface area contributed by atoms with E-state index in [-0.39, 0.29) is 11.9 Å². The number of nitrogens with one attached hydrogen (secondary N) is 1. The summed E-state index contributed by atoms with van der Waals surface area (Å²) < 4.78 is 15.4. The third-order valence-electron chi connectivity index (χ3n) is 4.98. The maximum atomic E-state index is 13.2. The molecule has 4 heteroatoms. The fourth-order valence-corrected chi connectivity index (χ4v) is 3.58. The number of aromatic nitrogens is 2.